The minimum atomic E-state index is -1.61. The number of hydrogen-bond acceptors (Lipinski definition) is 2. The van der Waals surface area contributed by atoms with E-state index in [9.17, 15) is 22.0 Å². The Morgan fingerprint density at radius 2 is 1.07 bits per heavy atom. The molecule has 1 unspecified atom stereocenters. The van der Waals surface area contributed by atoms with Crippen LogP contribution >= 0.6 is 0 Å². The molecule has 0 spiro atoms. The first kappa shape index (κ1) is 35.4. The van der Waals surface area contributed by atoms with E-state index >= 15 is 0 Å². The summed E-state index contributed by atoms with van der Waals surface area (Å²) in [5.41, 5.74) is 1.47. The van der Waals surface area contributed by atoms with Crippen LogP contribution in [0.4, 0.5) is 22.0 Å². The van der Waals surface area contributed by atoms with Crippen molar-refractivity contribution >= 4 is 0 Å². The molecule has 0 heterocycles. The topological polar surface area (TPSA) is 18.5 Å². The van der Waals surface area contributed by atoms with Gasteiger partial charge in [-0.3, -0.25) is 0 Å². The summed E-state index contributed by atoms with van der Waals surface area (Å²) < 4.78 is 84.0. The summed E-state index contributed by atoms with van der Waals surface area (Å²) in [7, 11) is 0. The van der Waals surface area contributed by atoms with Crippen LogP contribution in [0.25, 0.3) is 11.1 Å². The first-order chi connectivity index (χ1) is 21.3. The SMILES string of the molecule is CCCCCCCCCc1ccc(-c2ccc(CC(F)COc3ccc(OCCCCCCC)c(F)c3F)cc2F)c(F)c1. The van der Waals surface area contributed by atoms with Crippen LogP contribution in [0.2, 0.25) is 0 Å². The molecule has 0 aliphatic carbocycles. The van der Waals surface area contributed by atoms with Gasteiger partial charge in [0.05, 0.1) is 6.61 Å². The molecule has 242 valence electrons. The van der Waals surface area contributed by atoms with Crippen LogP contribution in [-0.4, -0.2) is 19.4 Å². The van der Waals surface area contributed by atoms with Crippen molar-refractivity contribution in [1.82, 2.24) is 0 Å². The number of halogens is 5. The second-order valence-corrected chi connectivity index (χ2v) is 11.6. The van der Waals surface area contributed by atoms with Crippen molar-refractivity contribution in [3.8, 4) is 22.6 Å². The molecule has 3 rings (SSSR count). The molecule has 2 nitrogen and oxygen atoms in total. The van der Waals surface area contributed by atoms with Gasteiger partial charge in [0.2, 0.25) is 11.6 Å². The van der Waals surface area contributed by atoms with Crippen LogP contribution in [0.15, 0.2) is 48.5 Å². The van der Waals surface area contributed by atoms with Crippen LogP contribution in [0.3, 0.4) is 0 Å². The van der Waals surface area contributed by atoms with Crippen molar-refractivity contribution in [3.63, 3.8) is 0 Å². The van der Waals surface area contributed by atoms with E-state index in [2.05, 4.69) is 13.8 Å². The van der Waals surface area contributed by atoms with E-state index in [1.165, 1.54) is 68.5 Å². The third kappa shape index (κ3) is 11.4. The van der Waals surface area contributed by atoms with Gasteiger partial charge in [0.1, 0.15) is 24.4 Å². The Kier molecular flexibility index (Phi) is 15.5. The minimum Gasteiger partial charge on any atom is -0.490 e. The number of ether oxygens (including phenoxy) is 2. The Balaban J connectivity index is 1.48. The quantitative estimate of drug-likeness (QED) is 0.0873. The van der Waals surface area contributed by atoms with E-state index in [0.717, 1.165) is 56.9 Å². The smallest absolute Gasteiger partial charge is 0.204 e. The van der Waals surface area contributed by atoms with Crippen LogP contribution in [0, 0.1) is 23.3 Å². The number of aryl methyl sites for hydroxylation is 1. The van der Waals surface area contributed by atoms with E-state index in [0.29, 0.717) is 5.56 Å². The van der Waals surface area contributed by atoms with Gasteiger partial charge in [0.15, 0.2) is 11.5 Å². The molecule has 0 N–H and O–H groups in total. The standard InChI is InChI=1S/C37H47F5O2/c1-3-5-7-9-10-11-13-15-27-16-18-30(32(39)24-27)31-19-17-28(25-33(31)40)23-29(38)26-44-35-21-20-34(36(41)37(35)42)43-22-14-12-8-6-4-2/h16-21,24-25,29H,3-15,22-23,26H2,1-2H3. The molecule has 0 saturated carbocycles. The molecule has 44 heavy (non-hydrogen) atoms. The van der Waals surface area contributed by atoms with Gasteiger partial charge in [-0.25, -0.2) is 13.2 Å². The normalized spacial score (nSPS) is 12.0. The van der Waals surface area contributed by atoms with Crippen molar-refractivity contribution in [2.75, 3.05) is 13.2 Å². The van der Waals surface area contributed by atoms with E-state index in [4.69, 9.17) is 9.47 Å². The second kappa shape index (κ2) is 19.3. The molecule has 7 heteroatoms. The van der Waals surface area contributed by atoms with Crippen molar-refractivity contribution in [3.05, 3.63) is 82.9 Å². The Morgan fingerprint density at radius 3 is 1.66 bits per heavy atom. The Labute approximate surface area is 260 Å². The Bertz CT molecular complexity index is 1280. The lowest BCUT2D eigenvalue weighted by atomic mass is 9.98. The first-order valence-electron chi connectivity index (χ1n) is 16.3. The van der Waals surface area contributed by atoms with Crippen LogP contribution in [0.1, 0.15) is 102 Å². The summed E-state index contributed by atoms with van der Waals surface area (Å²) in [6.07, 6.45) is 12.2. The highest BCUT2D eigenvalue weighted by atomic mass is 19.2. The molecule has 0 saturated heterocycles. The highest BCUT2D eigenvalue weighted by Crippen LogP contribution is 2.30. The average molecular weight is 619 g/mol. The Morgan fingerprint density at radius 1 is 0.568 bits per heavy atom. The maximum atomic E-state index is 15.0. The largest absolute Gasteiger partial charge is 0.490 e. The minimum absolute atomic E-state index is 0.0983. The van der Waals surface area contributed by atoms with Crippen LogP contribution in [-0.2, 0) is 12.8 Å². The predicted molar refractivity (Wildman–Crippen MR) is 168 cm³/mol. The third-order valence-corrected chi connectivity index (χ3v) is 7.82. The van der Waals surface area contributed by atoms with Gasteiger partial charge in [-0.2, -0.15) is 8.78 Å². The van der Waals surface area contributed by atoms with Gasteiger partial charge in [-0.05, 0) is 54.7 Å². The summed E-state index contributed by atoms with van der Waals surface area (Å²) in [6, 6.07) is 11.5. The predicted octanol–water partition coefficient (Wildman–Crippen LogP) is 11.5. The Hall–Kier alpha value is -3.09. The molecule has 0 aliphatic heterocycles. The fourth-order valence-electron chi connectivity index (χ4n) is 5.24. The maximum Gasteiger partial charge on any atom is 0.204 e. The molecule has 3 aromatic rings. The van der Waals surface area contributed by atoms with Crippen LogP contribution in [0.5, 0.6) is 11.5 Å². The highest BCUT2D eigenvalue weighted by Gasteiger charge is 2.19. The van der Waals surface area contributed by atoms with E-state index < -0.39 is 41.8 Å². The lowest BCUT2D eigenvalue weighted by Crippen LogP contribution is -2.16. The van der Waals surface area contributed by atoms with E-state index in [1.54, 1.807) is 6.07 Å². The molecule has 0 amide bonds. The van der Waals surface area contributed by atoms with Crippen molar-refractivity contribution in [2.24, 2.45) is 0 Å². The van der Waals surface area contributed by atoms with E-state index in [1.807, 2.05) is 6.07 Å². The molecular formula is C37H47F5O2. The summed E-state index contributed by atoms with van der Waals surface area (Å²) >= 11 is 0. The fourth-order valence-corrected chi connectivity index (χ4v) is 5.24. The van der Waals surface area contributed by atoms with Crippen molar-refractivity contribution in [1.29, 1.82) is 0 Å². The molecule has 0 aromatic heterocycles. The van der Waals surface area contributed by atoms with Gasteiger partial charge in [-0.1, -0.05) is 102 Å². The molecule has 1 atom stereocenters. The molecule has 3 aromatic carbocycles. The lowest BCUT2D eigenvalue weighted by Gasteiger charge is -2.14. The second-order valence-electron chi connectivity index (χ2n) is 11.6. The van der Waals surface area contributed by atoms with Gasteiger partial charge in [-0.15, -0.1) is 0 Å². The van der Waals surface area contributed by atoms with Crippen molar-refractivity contribution < 1.29 is 31.4 Å². The highest BCUT2D eigenvalue weighted by molar-refractivity contribution is 5.65. The number of hydrogen-bond donors (Lipinski definition) is 0. The molecular weight excluding hydrogens is 571 g/mol. The lowest BCUT2D eigenvalue weighted by molar-refractivity contribution is 0.187. The molecule has 0 fully saturated rings. The zero-order valence-electron chi connectivity index (χ0n) is 26.2. The monoisotopic (exact) mass is 618 g/mol. The average Bonchev–Trinajstić information content (AvgIpc) is 3.00. The van der Waals surface area contributed by atoms with Crippen molar-refractivity contribution in [2.45, 2.75) is 110 Å². The summed E-state index contributed by atoms with van der Waals surface area (Å²) in [5, 5.41) is 0. The zero-order valence-corrected chi connectivity index (χ0v) is 26.2. The fraction of sp³-hybridized carbons (Fsp3) is 0.514. The molecule has 0 radical (unpaired) electrons. The molecule has 0 aliphatic rings. The summed E-state index contributed by atoms with van der Waals surface area (Å²) in [5.74, 6) is -4.21. The zero-order chi connectivity index (χ0) is 31.7. The van der Waals surface area contributed by atoms with Gasteiger partial charge >= 0.3 is 0 Å². The summed E-state index contributed by atoms with van der Waals surface area (Å²) in [6.45, 7) is 4.03. The van der Waals surface area contributed by atoms with Gasteiger partial charge < -0.3 is 9.47 Å². The first-order valence-corrected chi connectivity index (χ1v) is 16.3. The number of benzene rings is 3. The number of alkyl halides is 1. The molecule has 0 bridgehead atoms. The number of rotatable bonds is 21. The summed E-state index contributed by atoms with van der Waals surface area (Å²) in [4.78, 5) is 0. The van der Waals surface area contributed by atoms with Crippen LogP contribution < -0.4 is 9.47 Å². The number of unbranched alkanes of at least 4 members (excludes halogenated alkanes) is 10. The third-order valence-electron chi connectivity index (χ3n) is 7.82. The van der Waals surface area contributed by atoms with Gasteiger partial charge in [0.25, 0.3) is 0 Å². The van der Waals surface area contributed by atoms with E-state index in [-0.39, 0.29) is 29.9 Å². The van der Waals surface area contributed by atoms with Gasteiger partial charge in [0, 0.05) is 17.5 Å². The maximum absolute atomic E-state index is 15.0.